The van der Waals surface area contributed by atoms with Gasteiger partial charge in [0, 0.05) is 16.7 Å². The number of aliphatic hydroxyl groups is 4. The van der Waals surface area contributed by atoms with Gasteiger partial charge in [0.05, 0.1) is 11.2 Å². The molecule has 5 rings (SSSR count). The van der Waals surface area contributed by atoms with E-state index in [1.165, 1.54) is 24.3 Å². The molecular formula is C25H26O9. The number of aliphatic hydroxyl groups excluding tert-OH is 3. The fraction of sp³-hybridized carbons (Fsp3) is 0.440. The van der Waals surface area contributed by atoms with Crippen molar-refractivity contribution >= 4 is 11.6 Å². The van der Waals surface area contributed by atoms with Crippen LogP contribution in [0.1, 0.15) is 63.9 Å². The highest BCUT2D eigenvalue weighted by atomic mass is 16.7. The van der Waals surface area contributed by atoms with Crippen LogP contribution in [0.25, 0.3) is 0 Å². The van der Waals surface area contributed by atoms with Crippen molar-refractivity contribution in [2.45, 2.75) is 68.4 Å². The third-order valence-corrected chi connectivity index (χ3v) is 7.09. The SMILES string of the molecule is O=C1c2ccccc2C(=O)c2c1ccc(O[C@H]1O[C@@H](C3(O)CCCCC3)[C@H](O)[C@@H](O)[C@@H]1O)c2O. The average Bonchev–Trinajstić information content (AvgIpc) is 2.84. The number of phenols is 1. The van der Waals surface area contributed by atoms with Crippen LogP contribution in [0.2, 0.25) is 0 Å². The number of rotatable bonds is 3. The van der Waals surface area contributed by atoms with Gasteiger partial charge in [-0.15, -0.1) is 0 Å². The van der Waals surface area contributed by atoms with E-state index < -0.39 is 53.6 Å². The molecule has 9 heteroatoms. The van der Waals surface area contributed by atoms with Crippen LogP contribution in [-0.4, -0.2) is 73.4 Å². The van der Waals surface area contributed by atoms with Crippen LogP contribution in [0.3, 0.4) is 0 Å². The smallest absolute Gasteiger partial charge is 0.229 e. The second-order valence-electron chi connectivity index (χ2n) is 9.22. The van der Waals surface area contributed by atoms with Crippen LogP contribution in [0.4, 0.5) is 0 Å². The Balaban J connectivity index is 1.46. The largest absolute Gasteiger partial charge is 0.504 e. The van der Waals surface area contributed by atoms with E-state index in [1.54, 1.807) is 12.1 Å². The topological polar surface area (TPSA) is 154 Å². The Kier molecular flexibility index (Phi) is 5.70. The molecule has 34 heavy (non-hydrogen) atoms. The second-order valence-corrected chi connectivity index (χ2v) is 9.22. The van der Waals surface area contributed by atoms with Gasteiger partial charge in [-0.25, -0.2) is 0 Å². The van der Waals surface area contributed by atoms with Crippen LogP contribution >= 0.6 is 0 Å². The Morgan fingerprint density at radius 2 is 1.47 bits per heavy atom. The number of carbonyl (C=O) groups is 2. The fourth-order valence-corrected chi connectivity index (χ4v) is 5.21. The zero-order valence-corrected chi connectivity index (χ0v) is 18.3. The number of hydrogen-bond donors (Lipinski definition) is 5. The molecule has 0 bridgehead atoms. The van der Waals surface area contributed by atoms with Crippen molar-refractivity contribution in [1.29, 1.82) is 0 Å². The summed E-state index contributed by atoms with van der Waals surface area (Å²) in [4.78, 5) is 25.9. The van der Waals surface area contributed by atoms with Gasteiger partial charge in [0.1, 0.15) is 24.4 Å². The molecule has 180 valence electrons. The van der Waals surface area contributed by atoms with Crippen LogP contribution in [0.5, 0.6) is 11.5 Å². The quantitative estimate of drug-likeness (QED) is 0.378. The Morgan fingerprint density at radius 1 is 0.824 bits per heavy atom. The minimum absolute atomic E-state index is 0.0171. The van der Waals surface area contributed by atoms with Crippen LogP contribution in [0.15, 0.2) is 36.4 Å². The zero-order valence-electron chi connectivity index (χ0n) is 18.3. The molecule has 2 aromatic carbocycles. The van der Waals surface area contributed by atoms with E-state index in [0.29, 0.717) is 12.8 Å². The third-order valence-electron chi connectivity index (χ3n) is 7.09. The van der Waals surface area contributed by atoms with Crippen molar-refractivity contribution in [2.24, 2.45) is 0 Å². The van der Waals surface area contributed by atoms with Crippen LogP contribution < -0.4 is 4.74 Å². The van der Waals surface area contributed by atoms with Crippen molar-refractivity contribution in [2.75, 3.05) is 0 Å². The molecule has 0 radical (unpaired) electrons. The molecule has 3 aliphatic rings. The lowest BCUT2D eigenvalue weighted by molar-refractivity contribution is -0.308. The highest BCUT2D eigenvalue weighted by Gasteiger charge is 2.53. The zero-order chi connectivity index (χ0) is 24.2. The molecule has 0 aromatic heterocycles. The average molecular weight is 470 g/mol. The van der Waals surface area contributed by atoms with E-state index in [9.17, 15) is 35.1 Å². The van der Waals surface area contributed by atoms with Crippen LogP contribution in [0, 0.1) is 0 Å². The van der Waals surface area contributed by atoms with Crippen molar-refractivity contribution in [3.8, 4) is 11.5 Å². The van der Waals surface area contributed by atoms with Gasteiger partial charge in [-0.3, -0.25) is 9.59 Å². The fourth-order valence-electron chi connectivity index (χ4n) is 5.21. The summed E-state index contributed by atoms with van der Waals surface area (Å²) < 4.78 is 11.4. The lowest BCUT2D eigenvalue weighted by Gasteiger charge is -2.48. The van der Waals surface area contributed by atoms with Gasteiger partial charge in [0.2, 0.25) is 6.29 Å². The summed E-state index contributed by atoms with van der Waals surface area (Å²) in [6.07, 6.45) is -4.65. The number of ketones is 2. The molecule has 9 nitrogen and oxygen atoms in total. The summed E-state index contributed by atoms with van der Waals surface area (Å²) in [5, 5.41) is 53.3. The normalized spacial score (nSPS) is 30.4. The maximum Gasteiger partial charge on any atom is 0.229 e. The van der Waals surface area contributed by atoms with E-state index in [2.05, 4.69) is 0 Å². The molecule has 2 fully saturated rings. The molecule has 1 saturated heterocycles. The number of fused-ring (bicyclic) bond motifs is 2. The lowest BCUT2D eigenvalue weighted by Crippen LogP contribution is -2.65. The summed E-state index contributed by atoms with van der Waals surface area (Å²) in [7, 11) is 0. The van der Waals surface area contributed by atoms with E-state index in [-0.39, 0.29) is 28.0 Å². The number of aromatic hydroxyl groups is 1. The molecule has 2 aliphatic carbocycles. The van der Waals surface area contributed by atoms with Crippen molar-refractivity contribution in [1.82, 2.24) is 0 Å². The standard InChI is InChI=1S/C25H26O9/c26-17-12-6-2-3-7-13(12)18(27)16-14(17)8-9-15(19(16)28)33-24-22(31)20(29)21(30)23(34-24)25(32)10-4-1-5-11-25/h2-3,6-9,20-24,28-32H,1,4-5,10-11H2/t20-,21-,22+,23-,24+/m1/s1. The second kappa shape index (κ2) is 8.44. The number of hydrogen-bond acceptors (Lipinski definition) is 9. The Morgan fingerprint density at radius 3 is 2.15 bits per heavy atom. The van der Waals surface area contributed by atoms with Gasteiger partial charge in [-0.05, 0) is 25.0 Å². The lowest BCUT2D eigenvalue weighted by atomic mass is 9.76. The van der Waals surface area contributed by atoms with Crippen LogP contribution in [-0.2, 0) is 4.74 Å². The highest BCUT2D eigenvalue weighted by molar-refractivity contribution is 6.29. The molecule has 0 amide bonds. The van der Waals surface area contributed by atoms with E-state index in [1.807, 2.05) is 0 Å². The molecule has 0 unspecified atom stereocenters. The van der Waals surface area contributed by atoms with Gasteiger partial charge in [0.15, 0.2) is 23.1 Å². The maximum absolute atomic E-state index is 13.0. The molecule has 1 saturated carbocycles. The molecule has 1 heterocycles. The summed E-state index contributed by atoms with van der Waals surface area (Å²) in [6, 6.07) is 8.89. The van der Waals surface area contributed by atoms with E-state index in [0.717, 1.165) is 19.3 Å². The number of phenolic OH excluding ortho intramolecular Hbond substituents is 1. The van der Waals surface area contributed by atoms with Gasteiger partial charge >= 0.3 is 0 Å². The van der Waals surface area contributed by atoms with E-state index in [4.69, 9.17) is 9.47 Å². The molecule has 0 spiro atoms. The monoisotopic (exact) mass is 470 g/mol. The van der Waals surface area contributed by atoms with Crippen molar-refractivity contribution < 1.29 is 44.6 Å². The predicted molar refractivity (Wildman–Crippen MR) is 117 cm³/mol. The minimum Gasteiger partial charge on any atom is -0.504 e. The first-order valence-electron chi connectivity index (χ1n) is 11.4. The van der Waals surface area contributed by atoms with Crippen molar-refractivity contribution in [3.05, 3.63) is 58.7 Å². The first-order chi connectivity index (χ1) is 16.2. The summed E-state index contributed by atoms with van der Waals surface area (Å²) in [6.45, 7) is 0. The molecular weight excluding hydrogens is 444 g/mol. The highest BCUT2D eigenvalue weighted by Crippen LogP contribution is 2.42. The third kappa shape index (κ3) is 3.52. The minimum atomic E-state index is -1.70. The first kappa shape index (κ1) is 22.9. The first-order valence-corrected chi connectivity index (χ1v) is 11.4. The summed E-state index contributed by atoms with van der Waals surface area (Å²) >= 11 is 0. The molecule has 5 atom stereocenters. The number of ether oxygens (including phenoxy) is 2. The molecule has 5 N–H and O–H groups in total. The summed E-state index contributed by atoms with van der Waals surface area (Å²) in [5.41, 5.74) is -1.23. The maximum atomic E-state index is 13.0. The van der Waals surface area contributed by atoms with E-state index >= 15 is 0 Å². The predicted octanol–water partition coefficient (Wildman–Crippen LogP) is 1.05. The van der Waals surface area contributed by atoms with Gasteiger partial charge in [-0.2, -0.15) is 0 Å². The number of benzene rings is 2. The molecule has 2 aromatic rings. The van der Waals surface area contributed by atoms with Gasteiger partial charge in [-0.1, -0.05) is 43.5 Å². The Labute approximate surface area is 195 Å². The number of carbonyl (C=O) groups excluding carboxylic acids is 2. The van der Waals surface area contributed by atoms with Crippen molar-refractivity contribution in [3.63, 3.8) is 0 Å². The molecule has 1 aliphatic heterocycles. The Bertz CT molecular complexity index is 1140. The van der Waals surface area contributed by atoms with Gasteiger partial charge in [0.25, 0.3) is 0 Å². The summed E-state index contributed by atoms with van der Waals surface area (Å²) in [5.74, 6) is -1.82. The Hall–Kier alpha value is -2.82. The van der Waals surface area contributed by atoms with Gasteiger partial charge < -0.3 is 35.0 Å².